The Balaban J connectivity index is 1.96. The molecule has 0 aromatic heterocycles. The maximum atomic E-state index is 8.90. The van der Waals surface area contributed by atoms with Gasteiger partial charge in [0.25, 0.3) is 0 Å². The fourth-order valence-corrected chi connectivity index (χ4v) is 2.55. The molecule has 0 radical (unpaired) electrons. The van der Waals surface area contributed by atoms with Crippen LogP contribution in [0.1, 0.15) is 24.8 Å². The highest BCUT2D eigenvalue weighted by Crippen LogP contribution is 2.22. The van der Waals surface area contributed by atoms with Gasteiger partial charge in [-0.15, -0.1) is 0 Å². The monoisotopic (exact) mass is 290 g/mol. The zero-order chi connectivity index (χ0) is 12.1. The fraction of sp³-hybridized carbons (Fsp3) is 0.357. The predicted molar refractivity (Wildman–Crippen MR) is 73.8 cm³/mol. The van der Waals surface area contributed by atoms with Crippen LogP contribution in [0.2, 0.25) is 0 Å². The Labute approximate surface area is 110 Å². The quantitative estimate of drug-likeness (QED) is 0.851. The summed E-state index contributed by atoms with van der Waals surface area (Å²) in [6, 6.07) is 7.90. The van der Waals surface area contributed by atoms with Crippen LogP contribution in [0.3, 0.4) is 0 Å². The summed E-state index contributed by atoms with van der Waals surface area (Å²) in [7, 11) is 0. The number of anilines is 1. The van der Waals surface area contributed by atoms with Crippen molar-refractivity contribution in [1.82, 2.24) is 0 Å². The molecule has 1 N–H and O–H groups in total. The number of halogens is 1. The third-order valence-corrected chi connectivity index (χ3v) is 3.46. The number of benzene rings is 1. The minimum absolute atomic E-state index is 0.686. The predicted octanol–water partition coefficient (Wildman–Crippen LogP) is 4.09. The molecule has 1 atom stereocenters. The molecular formula is C14H15BrN2. The minimum atomic E-state index is 0.686. The summed E-state index contributed by atoms with van der Waals surface area (Å²) in [6.07, 6.45) is 8.11. The standard InChI is InChI=1S/C14H15BrN2/c15-13-6-12(9-16)7-14(8-13)17-10-11-4-2-1-3-5-11/h1-2,6-8,11,17H,3-5,10H2. The molecule has 1 aromatic rings. The van der Waals surface area contributed by atoms with Crippen LogP contribution in [0.15, 0.2) is 34.8 Å². The van der Waals surface area contributed by atoms with Crippen molar-refractivity contribution in [3.63, 3.8) is 0 Å². The summed E-state index contributed by atoms with van der Waals surface area (Å²) in [6.45, 7) is 0.978. The van der Waals surface area contributed by atoms with E-state index in [2.05, 4.69) is 39.5 Å². The fourth-order valence-electron chi connectivity index (χ4n) is 2.06. The maximum absolute atomic E-state index is 8.90. The van der Waals surface area contributed by atoms with Gasteiger partial charge in [-0.2, -0.15) is 5.26 Å². The molecule has 0 saturated heterocycles. The highest BCUT2D eigenvalue weighted by atomic mass is 79.9. The molecule has 0 spiro atoms. The van der Waals surface area contributed by atoms with Crippen LogP contribution in [0.4, 0.5) is 5.69 Å². The Hall–Kier alpha value is -1.27. The third kappa shape index (κ3) is 3.61. The van der Waals surface area contributed by atoms with Gasteiger partial charge in [0.1, 0.15) is 0 Å². The van der Waals surface area contributed by atoms with Crippen molar-refractivity contribution in [2.24, 2.45) is 5.92 Å². The van der Waals surface area contributed by atoms with E-state index in [1.54, 1.807) is 0 Å². The smallest absolute Gasteiger partial charge is 0.0992 e. The van der Waals surface area contributed by atoms with Gasteiger partial charge in [-0.05, 0) is 43.4 Å². The second-order valence-corrected chi connectivity index (χ2v) is 5.29. The molecule has 2 nitrogen and oxygen atoms in total. The molecule has 0 heterocycles. The SMILES string of the molecule is N#Cc1cc(Br)cc(NCC2CC=CCC2)c1. The van der Waals surface area contributed by atoms with Gasteiger partial charge in [0.05, 0.1) is 11.6 Å². The highest BCUT2D eigenvalue weighted by molar-refractivity contribution is 9.10. The number of hydrogen-bond donors (Lipinski definition) is 1. The largest absolute Gasteiger partial charge is 0.385 e. The van der Waals surface area contributed by atoms with Crippen LogP contribution >= 0.6 is 15.9 Å². The topological polar surface area (TPSA) is 35.8 Å². The van der Waals surface area contributed by atoms with Gasteiger partial charge in [-0.1, -0.05) is 28.1 Å². The van der Waals surface area contributed by atoms with Crippen LogP contribution in [0.5, 0.6) is 0 Å². The van der Waals surface area contributed by atoms with Gasteiger partial charge in [0.2, 0.25) is 0 Å². The molecule has 1 unspecified atom stereocenters. The van der Waals surface area contributed by atoms with Gasteiger partial charge in [0.15, 0.2) is 0 Å². The zero-order valence-corrected chi connectivity index (χ0v) is 11.2. The molecule has 3 heteroatoms. The van der Waals surface area contributed by atoms with Crippen LogP contribution in [-0.2, 0) is 0 Å². The lowest BCUT2D eigenvalue weighted by Crippen LogP contribution is -2.15. The van der Waals surface area contributed by atoms with Crippen molar-refractivity contribution in [3.8, 4) is 6.07 Å². The van der Waals surface area contributed by atoms with Crippen molar-refractivity contribution in [3.05, 3.63) is 40.4 Å². The lowest BCUT2D eigenvalue weighted by molar-refractivity contribution is 0.504. The normalized spacial score (nSPS) is 18.7. The summed E-state index contributed by atoms with van der Waals surface area (Å²) in [5, 5.41) is 12.3. The van der Waals surface area contributed by atoms with Gasteiger partial charge in [-0.25, -0.2) is 0 Å². The molecule has 0 amide bonds. The van der Waals surface area contributed by atoms with E-state index in [1.807, 2.05) is 18.2 Å². The average molecular weight is 291 g/mol. The van der Waals surface area contributed by atoms with E-state index in [1.165, 1.54) is 12.8 Å². The van der Waals surface area contributed by atoms with E-state index in [0.29, 0.717) is 11.5 Å². The first-order valence-corrected chi connectivity index (χ1v) is 6.67. The Morgan fingerprint density at radius 1 is 1.35 bits per heavy atom. The lowest BCUT2D eigenvalue weighted by atomic mass is 9.94. The Kier molecular flexibility index (Phi) is 4.22. The van der Waals surface area contributed by atoms with Crippen molar-refractivity contribution >= 4 is 21.6 Å². The number of rotatable bonds is 3. The molecule has 1 aliphatic carbocycles. The first-order valence-electron chi connectivity index (χ1n) is 5.87. The van der Waals surface area contributed by atoms with Crippen LogP contribution in [0.25, 0.3) is 0 Å². The molecule has 0 aliphatic heterocycles. The third-order valence-electron chi connectivity index (χ3n) is 3.00. The van der Waals surface area contributed by atoms with Crippen molar-refractivity contribution < 1.29 is 0 Å². The summed E-state index contributed by atoms with van der Waals surface area (Å²) in [4.78, 5) is 0. The Morgan fingerprint density at radius 2 is 2.24 bits per heavy atom. The van der Waals surface area contributed by atoms with Crippen LogP contribution in [0, 0.1) is 17.2 Å². The minimum Gasteiger partial charge on any atom is -0.385 e. The van der Waals surface area contributed by atoms with Crippen molar-refractivity contribution in [2.75, 3.05) is 11.9 Å². The molecule has 17 heavy (non-hydrogen) atoms. The molecular weight excluding hydrogens is 276 g/mol. The van der Waals surface area contributed by atoms with Gasteiger partial charge < -0.3 is 5.32 Å². The number of nitriles is 1. The number of nitrogens with one attached hydrogen (secondary N) is 1. The summed E-state index contributed by atoms with van der Waals surface area (Å²) in [5.74, 6) is 0.713. The van der Waals surface area contributed by atoms with Gasteiger partial charge in [0, 0.05) is 16.7 Å². The van der Waals surface area contributed by atoms with Gasteiger partial charge >= 0.3 is 0 Å². The number of allylic oxidation sites excluding steroid dienone is 2. The van der Waals surface area contributed by atoms with Crippen molar-refractivity contribution in [2.45, 2.75) is 19.3 Å². The second-order valence-electron chi connectivity index (χ2n) is 4.37. The summed E-state index contributed by atoms with van der Waals surface area (Å²) in [5.41, 5.74) is 1.70. The van der Waals surface area contributed by atoms with E-state index < -0.39 is 0 Å². The maximum Gasteiger partial charge on any atom is 0.0992 e. The first-order chi connectivity index (χ1) is 8.28. The molecule has 0 saturated carbocycles. The van der Waals surface area contributed by atoms with Crippen molar-refractivity contribution in [1.29, 1.82) is 5.26 Å². The zero-order valence-electron chi connectivity index (χ0n) is 9.62. The van der Waals surface area contributed by atoms with Gasteiger partial charge in [-0.3, -0.25) is 0 Å². The number of hydrogen-bond acceptors (Lipinski definition) is 2. The average Bonchev–Trinajstić information content (AvgIpc) is 2.37. The molecule has 0 bridgehead atoms. The van der Waals surface area contributed by atoms with E-state index in [0.717, 1.165) is 23.1 Å². The molecule has 0 fully saturated rings. The van der Waals surface area contributed by atoms with E-state index in [-0.39, 0.29) is 0 Å². The molecule has 1 aliphatic rings. The lowest BCUT2D eigenvalue weighted by Gasteiger charge is -2.19. The van der Waals surface area contributed by atoms with E-state index >= 15 is 0 Å². The van der Waals surface area contributed by atoms with Crippen LogP contribution < -0.4 is 5.32 Å². The first kappa shape index (κ1) is 12.2. The van der Waals surface area contributed by atoms with E-state index in [9.17, 15) is 0 Å². The Morgan fingerprint density at radius 3 is 2.94 bits per heavy atom. The molecule has 2 rings (SSSR count). The van der Waals surface area contributed by atoms with E-state index in [4.69, 9.17) is 5.26 Å². The highest BCUT2D eigenvalue weighted by Gasteiger charge is 2.09. The second kappa shape index (κ2) is 5.88. The number of nitrogens with zero attached hydrogens (tertiary/aromatic N) is 1. The van der Waals surface area contributed by atoms with Crippen LogP contribution in [-0.4, -0.2) is 6.54 Å². The molecule has 88 valence electrons. The molecule has 1 aromatic carbocycles. The Bertz CT molecular complexity index is 460. The summed E-state index contributed by atoms with van der Waals surface area (Å²) >= 11 is 3.42. The summed E-state index contributed by atoms with van der Waals surface area (Å²) < 4.78 is 0.947.